The molecule has 6 nitrogen and oxygen atoms in total. The number of para-hydroxylation sites is 1. The molecule has 0 aliphatic carbocycles. The number of ether oxygens (including phenoxy) is 1. The summed E-state index contributed by atoms with van der Waals surface area (Å²) in [5.74, 6) is -1.43. The van der Waals surface area contributed by atoms with Crippen molar-refractivity contribution in [2.45, 2.75) is 6.54 Å². The van der Waals surface area contributed by atoms with Crippen molar-refractivity contribution in [2.75, 3.05) is 6.61 Å². The summed E-state index contributed by atoms with van der Waals surface area (Å²) in [5, 5.41) is 3.27. The second kappa shape index (κ2) is 9.13. The third-order valence-electron chi connectivity index (χ3n) is 4.63. The summed E-state index contributed by atoms with van der Waals surface area (Å²) >= 11 is 0. The van der Waals surface area contributed by atoms with Crippen LogP contribution in [-0.4, -0.2) is 28.5 Å². The number of carbonyl (C=O) groups is 2. The van der Waals surface area contributed by atoms with Gasteiger partial charge < -0.3 is 10.1 Å². The number of amides is 1. The number of hydrogen-bond donors (Lipinski definition) is 1. The highest BCUT2D eigenvalue weighted by Gasteiger charge is 2.16. The lowest BCUT2D eigenvalue weighted by Gasteiger charge is -2.10. The smallest absolute Gasteiger partial charge is 0.339 e. The van der Waals surface area contributed by atoms with Gasteiger partial charge in [0, 0.05) is 29.9 Å². The minimum absolute atomic E-state index is 0.208. The zero-order valence-electron chi connectivity index (χ0n) is 16.4. The van der Waals surface area contributed by atoms with Crippen LogP contribution in [0.1, 0.15) is 15.9 Å². The highest BCUT2D eigenvalue weighted by Crippen LogP contribution is 2.25. The van der Waals surface area contributed by atoms with E-state index in [1.807, 2.05) is 12.1 Å². The molecule has 0 aliphatic heterocycles. The van der Waals surface area contributed by atoms with Crippen LogP contribution < -0.4 is 5.32 Å². The van der Waals surface area contributed by atoms with E-state index in [4.69, 9.17) is 4.74 Å². The standard InChI is InChI=1S/C24H18FN3O3/c25-18-9-7-16(8-10-18)13-27-23(29)15-31-24(30)20-12-22(17-4-3-11-26-14-17)28-21-6-2-1-5-19(20)21/h1-12,14H,13,15H2,(H,27,29). The third kappa shape index (κ3) is 4.90. The molecule has 4 rings (SSSR count). The molecule has 0 bridgehead atoms. The Labute approximate surface area is 177 Å². The normalized spacial score (nSPS) is 10.6. The van der Waals surface area contributed by atoms with Gasteiger partial charge in [0.15, 0.2) is 6.61 Å². The highest BCUT2D eigenvalue weighted by atomic mass is 19.1. The van der Waals surface area contributed by atoms with Crippen LogP contribution in [0.5, 0.6) is 0 Å². The predicted octanol–water partition coefficient (Wildman–Crippen LogP) is 3.91. The summed E-state index contributed by atoms with van der Waals surface area (Å²) in [6, 6.07) is 18.3. The molecule has 2 heterocycles. The van der Waals surface area contributed by atoms with E-state index < -0.39 is 18.5 Å². The van der Waals surface area contributed by atoms with Crippen LogP contribution in [0.2, 0.25) is 0 Å². The fourth-order valence-electron chi connectivity index (χ4n) is 3.07. The van der Waals surface area contributed by atoms with Crippen LogP contribution in [0.25, 0.3) is 22.2 Å². The SMILES string of the molecule is O=C(COC(=O)c1cc(-c2cccnc2)nc2ccccc12)NCc1ccc(F)cc1. The summed E-state index contributed by atoms with van der Waals surface area (Å²) in [6.07, 6.45) is 3.32. The molecule has 0 fully saturated rings. The summed E-state index contributed by atoms with van der Waals surface area (Å²) < 4.78 is 18.2. The molecule has 0 spiro atoms. The Balaban J connectivity index is 1.48. The summed E-state index contributed by atoms with van der Waals surface area (Å²) in [6.45, 7) is -0.223. The van der Waals surface area contributed by atoms with E-state index in [0.717, 1.165) is 11.1 Å². The van der Waals surface area contributed by atoms with Crippen LogP contribution in [0.4, 0.5) is 4.39 Å². The summed E-state index contributed by atoms with van der Waals surface area (Å²) in [4.78, 5) is 33.6. The second-order valence-corrected chi connectivity index (χ2v) is 6.79. The second-order valence-electron chi connectivity index (χ2n) is 6.79. The number of fused-ring (bicyclic) bond motifs is 1. The van der Waals surface area contributed by atoms with Gasteiger partial charge in [-0.3, -0.25) is 9.78 Å². The molecule has 0 atom stereocenters. The van der Waals surface area contributed by atoms with Crippen molar-refractivity contribution >= 4 is 22.8 Å². The molecule has 4 aromatic rings. The van der Waals surface area contributed by atoms with Crippen molar-refractivity contribution in [2.24, 2.45) is 0 Å². The van der Waals surface area contributed by atoms with Crippen molar-refractivity contribution in [3.63, 3.8) is 0 Å². The molecular weight excluding hydrogens is 397 g/mol. The number of esters is 1. The Kier molecular flexibility index (Phi) is 5.93. The maximum Gasteiger partial charge on any atom is 0.339 e. The van der Waals surface area contributed by atoms with Crippen molar-refractivity contribution < 1.29 is 18.7 Å². The largest absolute Gasteiger partial charge is 0.452 e. The van der Waals surface area contributed by atoms with Crippen LogP contribution in [0.3, 0.4) is 0 Å². The van der Waals surface area contributed by atoms with Crippen molar-refractivity contribution in [3.8, 4) is 11.3 Å². The first-order valence-electron chi connectivity index (χ1n) is 9.58. The van der Waals surface area contributed by atoms with Gasteiger partial charge in [-0.15, -0.1) is 0 Å². The zero-order chi connectivity index (χ0) is 21.6. The van der Waals surface area contributed by atoms with E-state index in [9.17, 15) is 14.0 Å². The Morgan fingerprint density at radius 1 is 1.00 bits per heavy atom. The van der Waals surface area contributed by atoms with Crippen molar-refractivity contribution in [1.29, 1.82) is 0 Å². The lowest BCUT2D eigenvalue weighted by atomic mass is 10.1. The first-order chi connectivity index (χ1) is 15.1. The number of carbonyl (C=O) groups excluding carboxylic acids is 2. The zero-order valence-corrected chi connectivity index (χ0v) is 16.4. The van der Waals surface area contributed by atoms with Gasteiger partial charge in [0.1, 0.15) is 5.82 Å². The number of nitrogens with zero attached hydrogens (tertiary/aromatic N) is 2. The molecule has 7 heteroatoms. The fraction of sp³-hybridized carbons (Fsp3) is 0.0833. The molecule has 0 saturated carbocycles. The summed E-state index contributed by atoms with van der Waals surface area (Å²) in [5.41, 5.74) is 3.04. The Bertz CT molecular complexity index is 1230. The third-order valence-corrected chi connectivity index (χ3v) is 4.63. The van der Waals surface area contributed by atoms with E-state index >= 15 is 0 Å². The molecule has 0 radical (unpaired) electrons. The lowest BCUT2D eigenvalue weighted by molar-refractivity contribution is -0.124. The Morgan fingerprint density at radius 2 is 1.81 bits per heavy atom. The minimum atomic E-state index is -0.624. The number of aromatic nitrogens is 2. The van der Waals surface area contributed by atoms with Gasteiger partial charge in [0.05, 0.1) is 16.8 Å². The molecular formula is C24H18FN3O3. The maximum atomic E-state index is 13.0. The van der Waals surface area contributed by atoms with Gasteiger partial charge in [-0.2, -0.15) is 0 Å². The van der Waals surface area contributed by atoms with E-state index in [1.165, 1.54) is 12.1 Å². The van der Waals surface area contributed by atoms with Crippen molar-refractivity contribution in [3.05, 3.63) is 96.1 Å². The van der Waals surface area contributed by atoms with Crippen LogP contribution in [0.15, 0.2) is 79.1 Å². The Morgan fingerprint density at radius 3 is 2.58 bits per heavy atom. The molecule has 154 valence electrons. The van der Waals surface area contributed by atoms with Gasteiger partial charge in [0.25, 0.3) is 5.91 Å². The molecule has 0 aliphatic rings. The number of halogens is 1. The molecule has 1 N–H and O–H groups in total. The highest BCUT2D eigenvalue weighted by molar-refractivity contribution is 6.05. The number of rotatable bonds is 6. The number of pyridine rings is 2. The van der Waals surface area contributed by atoms with Gasteiger partial charge >= 0.3 is 5.97 Å². The van der Waals surface area contributed by atoms with E-state index in [1.54, 1.807) is 54.9 Å². The molecule has 31 heavy (non-hydrogen) atoms. The van der Waals surface area contributed by atoms with Gasteiger partial charge in [-0.25, -0.2) is 14.2 Å². The fourth-order valence-corrected chi connectivity index (χ4v) is 3.07. The number of benzene rings is 2. The van der Waals surface area contributed by atoms with Gasteiger partial charge in [-0.1, -0.05) is 30.3 Å². The summed E-state index contributed by atoms with van der Waals surface area (Å²) in [7, 11) is 0. The first kappa shape index (κ1) is 20.2. The molecule has 2 aromatic carbocycles. The van der Waals surface area contributed by atoms with Crippen molar-refractivity contribution in [1.82, 2.24) is 15.3 Å². The number of nitrogens with one attached hydrogen (secondary N) is 1. The predicted molar refractivity (Wildman–Crippen MR) is 114 cm³/mol. The molecule has 0 saturated heterocycles. The van der Waals surface area contributed by atoms with E-state index in [0.29, 0.717) is 22.2 Å². The van der Waals surface area contributed by atoms with E-state index in [2.05, 4.69) is 15.3 Å². The first-order valence-corrected chi connectivity index (χ1v) is 9.58. The average Bonchev–Trinajstić information content (AvgIpc) is 2.82. The van der Waals surface area contributed by atoms with Crippen LogP contribution in [0, 0.1) is 5.82 Å². The van der Waals surface area contributed by atoms with Crippen LogP contribution >= 0.6 is 0 Å². The molecule has 1 amide bonds. The molecule has 2 aromatic heterocycles. The average molecular weight is 415 g/mol. The molecule has 0 unspecified atom stereocenters. The monoisotopic (exact) mass is 415 g/mol. The quantitative estimate of drug-likeness (QED) is 0.483. The Hall–Kier alpha value is -4.13. The topological polar surface area (TPSA) is 81.2 Å². The van der Waals surface area contributed by atoms with Crippen LogP contribution in [-0.2, 0) is 16.1 Å². The van der Waals surface area contributed by atoms with Gasteiger partial charge in [0.2, 0.25) is 0 Å². The maximum absolute atomic E-state index is 13.0. The minimum Gasteiger partial charge on any atom is -0.452 e. The van der Waals surface area contributed by atoms with Gasteiger partial charge in [-0.05, 0) is 42.0 Å². The van der Waals surface area contributed by atoms with E-state index in [-0.39, 0.29) is 12.4 Å². The number of hydrogen-bond acceptors (Lipinski definition) is 5. The lowest BCUT2D eigenvalue weighted by Crippen LogP contribution is -2.28.